The summed E-state index contributed by atoms with van der Waals surface area (Å²) >= 11 is 6.23. The van der Waals surface area contributed by atoms with Crippen LogP contribution in [-0.2, 0) is 16.4 Å². The Morgan fingerprint density at radius 1 is 1.07 bits per heavy atom. The lowest BCUT2D eigenvalue weighted by Gasteiger charge is -2.21. The predicted octanol–water partition coefficient (Wildman–Crippen LogP) is 4.66. The van der Waals surface area contributed by atoms with Gasteiger partial charge in [0.2, 0.25) is 10.0 Å². The number of benzene rings is 2. The van der Waals surface area contributed by atoms with E-state index in [0.717, 1.165) is 38.5 Å². The molecule has 3 rings (SSSR count). The molecule has 1 atom stereocenters. The number of amides is 1. The molecule has 1 aliphatic rings. The molecular weight excluding hydrogens is 420 g/mol. The molecule has 30 heavy (non-hydrogen) atoms. The van der Waals surface area contributed by atoms with E-state index < -0.39 is 10.0 Å². The van der Waals surface area contributed by atoms with E-state index in [0.29, 0.717) is 18.7 Å². The Morgan fingerprint density at radius 3 is 2.40 bits per heavy atom. The smallest absolute Gasteiger partial charge is 0.251 e. The minimum atomic E-state index is -3.73. The van der Waals surface area contributed by atoms with Crippen LogP contribution >= 0.6 is 11.6 Å². The Bertz CT molecular complexity index is 956. The van der Waals surface area contributed by atoms with Crippen molar-refractivity contribution in [3.63, 3.8) is 0 Å². The molecule has 1 fully saturated rings. The molecule has 5 nitrogen and oxygen atoms in total. The third-order valence-electron chi connectivity index (χ3n) is 5.46. The van der Waals surface area contributed by atoms with Gasteiger partial charge in [0.1, 0.15) is 4.90 Å². The molecule has 162 valence electrons. The molecule has 1 heterocycles. The maximum atomic E-state index is 13.1. The van der Waals surface area contributed by atoms with Gasteiger partial charge in [-0.1, -0.05) is 54.8 Å². The maximum absolute atomic E-state index is 13.1. The first-order valence-electron chi connectivity index (χ1n) is 10.5. The number of aryl methyl sites for hydroxylation is 1. The number of nitrogens with one attached hydrogen (secondary N) is 1. The Labute approximate surface area is 184 Å². The van der Waals surface area contributed by atoms with Crippen molar-refractivity contribution in [2.24, 2.45) is 0 Å². The van der Waals surface area contributed by atoms with E-state index >= 15 is 0 Å². The first-order chi connectivity index (χ1) is 14.4. The number of sulfonamides is 1. The first kappa shape index (κ1) is 22.8. The molecular formula is C23H29ClN2O3S. The Hall–Kier alpha value is -1.89. The van der Waals surface area contributed by atoms with Crippen LogP contribution < -0.4 is 5.32 Å². The number of hydrogen-bond acceptors (Lipinski definition) is 3. The fraction of sp³-hybridized carbons (Fsp3) is 0.435. The second-order valence-electron chi connectivity index (χ2n) is 7.86. The topological polar surface area (TPSA) is 66.5 Å². The third-order valence-corrected chi connectivity index (χ3v) is 7.84. The lowest BCUT2D eigenvalue weighted by Crippen LogP contribution is -2.34. The minimum Gasteiger partial charge on any atom is -0.350 e. The monoisotopic (exact) mass is 448 g/mol. The summed E-state index contributed by atoms with van der Waals surface area (Å²) in [4.78, 5) is 12.7. The lowest BCUT2D eigenvalue weighted by molar-refractivity contribution is 0.0938. The normalized spacial score (nSPS) is 16.6. The van der Waals surface area contributed by atoms with E-state index in [1.165, 1.54) is 22.0 Å². The maximum Gasteiger partial charge on any atom is 0.251 e. The van der Waals surface area contributed by atoms with Crippen LogP contribution in [0.1, 0.15) is 54.9 Å². The van der Waals surface area contributed by atoms with E-state index in [1.54, 1.807) is 6.07 Å². The SMILES string of the molecule is C[C@H](CCc1ccccc1)NC(=O)c1ccc(Cl)c(S(=O)(=O)N2CCCCCC2)c1. The average Bonchev–Trinajstić information content (AvgIpc) is 3.03. The summed E-state index contributed by atoms with van der Waals surface area (Å²) in [7, 11) is -3.73. The highest BCUT2D eigenvalue weighted by molar-refractivity contribution is 7.89. The van der Waals surface area contributed by atoms with Gasteiger partial charge in [0, 0.05) is 24.7 Å². The van der Waals surface area contributed by atoms with Gasteiger partial charge in [-0.15, -0.1) is 0 Å². The molecule has 0 aromatic heterocycles. The van der Waals surface area contributed by atoms with Crippen molar-refractivity contribution in [1.82, 2.24) is 9.62 Å². The second kappa shape index (κ2) is 10.4. The van der Waals surface area contributed by atoms with Gasteiger partial charge >= 0.3 is 0 Å². The Kier molecular flexibility index (Phi) is 7.92. The molecule has 0 saturated carbocycles. The van der Waals surface area contributed by atoms with Gasteiger partial charge in [-0.05, 0) is 56.4 Å². The van der Waals surface area contributed by atoms with Crippen LogP contribution in [0.5, 0.6) is 0 Å². The van der Waals surface area contributed by atoms with Crippen molar-refractivity contribution < 1.29 is 13.2 Å². The highest BCUT2D eigenvalue weighted by atomic mass is 35.5. The molecule has 1 aliphatic heterocycles. The number of halogens is 1. The number of hydrogen-bond donors (Lipinski definition) is 1. The van der Waals surface area contributed by atoms with Gasteiger partial charge in [0.25, 0.3) is 5.91 Å². The van der Waals surface area contributed by atoms with Crippen LogP contribution in [0.15, 0.2) is 53.4 Å². The van der Waals surface area contributed by atoms with E-state index in [1.807, 2.05) is 25.1 Å². The zero-order valence-electron chi connectivity index (χ0n) is 17.3. The Balaban J connectivity index is 1.69. The van der Waals surface area contributed by atoms with Gasteiger partial charge in [-0.25, -0.2) is 8.42 Å². The molecule has 0 aliphatic carbocycles. The Morgan fingerprint density at radius 2 is 1.73 bits per heavy atom. The van der Waals surface area contributed by atoms with E-state index in [4.69, 9.17) is 11.6 Å². The van der Waals surface area contributed by atoms with Crippen molar-refractivity contribution in [2.45, 2.75) is 56.4 Å². The van der Waals surface area contributed by atoms with Gasteiger partial charge in [0.05, 0.1) is 5.02 Å². The van der Waals surface area contributed by atoms with E-state index in [-0.39, 0.29) is 21.9 Å². The lowest BCUT2D eigenvalue weighted by atomic mass is 10.1. The van der Waals surface area contributed by atoms with Crippen LogP contribution in [0, 0.1) is 0 Å². The minimum absolute atomic E-state index is 0.00987. The summed E-state index contributed by atoms with van der Waals surface area (Å²) in [6.45, 7) is 2.93. The summed E-state index contributed by atoms with van der Waals surface area (Å²) in [6, 6.07) is 14.5. The summed E-state index contributed by atoms with van der Waals surface area (Å²) in [6.07, 6.45) is 5.40. The molecule has 1 amide bonds. The van der Waals surface area contributed by atoms with Crippen LogP contribution in [0.3, 0.4) is 0 Å². The fourth-order valence-electron chi connectivity index (χ4n) is 3.67. The quantitative estimate of drug-likeness (QED) is 0.670. The van der Waals surface area contributed by atoms with Gasteiger partial charge < -0.3 is 5.32 Å². The van der Waals surface area contributed by atoms with Crippen molar-refractivity contribution in [3.8, 4) is 0 Å². The largest absolute Gasteiger partial charge is 0.350 e. The molecule has 0 unspecified atom stereocenters. The summed E-state index contributed by atoms with van der Waals surface area (Å²) in [5, 5.41) is 3.11. The summed E-state index contributed by atoms with van der Waals surface area (Å²) in [5.74, 6) is -0.292. The average molecular weight is 449 g/mol. The second-order valence-corrected chi connectivity index (χ2v) is 10.2. The molecule has 0 spiro atoms. The van der Waals surface area contributed by atoms with Crippen molar-refractivity contribution >= 4 is 27.5 Å². The molecule has 2 aromatic carbocycles. The predicted molar refractivity (Wildman–Crippen MR) is 120 cm³/mol. The molecule has 0 radical (unpaired) electrons. The van der Waals surface area contributed by atoms with Crippen molar-refractivity contribution in [2.75, 3.05) is 13.1 Å². The van der Waals surface area contributed by atoms with Gasteiger partial charge in [0.15, 0.2) is 0 Å². The molecule has 1 N–H and O–H groups in total. The first-order valence-corrected chi connectivity index (χ1v) is 12.3. The van der Waals surface area contributed by atoms with Crippen LogP contribution in [-0.4, -0.2) is 37.8 Å². The number of rotatable bonds is 7. The zero-order valence-corrected chi connectivity index (χ0v) is 18.9. The number of nitrogens with zero attached hydrogens (tertiary/aromatic N) is 1. The molecule has 7 heteroatoms. The van der Waals surface area contributed by atoms with Gasteiger partial charge in [-0.3, -0.25) is 4.79 Å². The van der Waals surface area contributed by atoms with Crippen LogP contribution in [0.25, 0.3) is 0 Å². The van der Waals surface area contributed by atoms with Crippen molar-refractivity contribution in [1.29, 1.82) is 0 Å². The number of carbonyl (C=O) groups excluding carboxylic acids is 1. The van der Waals surface area contributed by atoms with Crippen LogP contribution in [0.4, 0.5) is 0 Å². The molecule has 1 saturated heterocycles. The number of carbonyl (C=O) groups is 1. The van der Waals surface area contributed by atoms with E-state index in [9.17, 15) is 13.2 Å². The standard InChI is InChI=1S/C23H29ClN2O3S/c1-18(11-12-19-9-5-4-6-10-19)25-23(27)20-13-14-21(24)22(17-20)30(28,29)26-15-7-2-3-8-16-26/h4-6,9-10,13-14,17-18H,2-3,7-8,11-12,15-16H2,1H3,(H,25,27)/t18-/m1/s1. The highest BCUT2D eigenvalue weighted by Crippen LogP contribution is 2.27. The fourth-order valence-corrected chi connectivity index (χ4v) is 5.69. The summed E-state index contributed by atoms with van der Waals surface area (Å²) in [5.41, 5.74) is 1.52. The molecule has 2 aromatic rings. The van der Waals surface area contributed by atoms with Crippen molar-refractivity contribution in [3.05, 3.63) is 64.7 Å². The van der Waals surface area contributed by atoms with E-state index in [2.05, 4.69) is 17.4 Å². The third kappa shape index (κ3) is 5.84. The van der Waals surface area contributed by atoms with Gasteiger partial charge in [-0.2, -0.15) is 4.31 Å². The molecule has 0 bridgehead atoms. The zero-order chi connectivity index (χ0) is 21.6. The van der Waals surface area contributed by atoms with Crippen LogP contribution in [0.2, 0.25) is 5.02 Å². The summed E-state index contributed by atoms with van der Waals surface area (Å²) < 4.78 is 27.7. The highest BCUT2D eigenvalue weighted by Gasteiger charge is 2.28.